The van der Waals surface area contributed by atoms with Gasteiger partial charge in [-0.3, -0.25) is 0 Å². The molecule has 5 heterocycles. The molecule has 0 aliphatic rings. The van der Waals surface area contributed by atoms with Crippen molar-refractivity contribution in [3.8, 4) is 45.5 Å². The Balaban J connectivity index is 1.06. The predicted octanol–water partition coefficient (Wildman–Crippen LogP) is 16.2. The number of aromatic nitrogens is 5. The highest BCUT2D eigenvalue weighted by Gasteiger charge is 2.33. The molecule has 328 valence electrons. The van der Waals surface area contributed by atoms with E-state index in [0.717, 1.165) is 105 Å². The highest BCUT2D eigenvalue weighted by atomic mass is 19.4. The van der Waals surface area contributed by atoms with Gasteiger partial charge in [-0.2, -0.15) is 13.2 Å². The molecule has 0 spiro atoms. The molecule has 0 saturated heterocycles. The van der Waals surface area contributed by atoms with Crippen molar-refractivity contribution >= 4 is 87.5 Å². The fourth-order valence-electron chi connectivity index (χ4n) is 10.4. The molecule has 0 fully saturated rings. The molecule has 14 aromatic rings. The Morgan fingerprint density at radius 1 is 0.406 bits per heavy atom. The maximum Gasteiger partial charge on any atom is 0.416 e. The van der Waals surface area contributed by atoms with Gasteiger partial charge in [-0.15, -0.1) is 0 Å². The monoisotopic (exact) mass is 901 g/mol. The van der Waals surface area contributed by atoms with Crippen LogP contribution in [0.2, 0.25) is 0 Å². The number of para-hydroxylation sites is 4. The van der Waals surface area contributed by atoms with Crippen molar-refractivity contribution in [1.29, 1.82) is 0 Å². The molecule has 0 atom stereocenters. The number of benzene rings is 9. The van der Waals surface area contributed by atoms with Crippen molar-refractivity contribution in [3.63, 3.8) is 0 Å². The van der Waals surface area contributed by atoms with Crippen LogP contribution in [0.5, 0.6) is 0 Å². The molecule has 0 N–H and O–H groups in total. The van der Waals surface area contributed by atoms with Gasteiger partial charge in [-0.05, 0) is 85.8 Å². The van der Waals surface area contributed by atoms with E-state index in [4.69, 9.17) is 23.8 Å². The second kappa shape index (κ2) is 14.5. The fourth-order valence-corrected chi connectivity index (χ4v) is 10.4. The number of nitrogens with zero attached hydrogens (tertiary/aromatic N) is 5. The van der Waals surface area contributed by atoms with Gasteiger partial charge >= 0.3 is 6.18 Å². The quantitative estimate of drug-likeness (QED) is 0.172. The standard InChI is InChI=1S/C59H34F3N5O2/c1-33-23-27-46(66-44-19-9-5-17-40(44)52-48(66)29-25-38-36-15-7-11-21-50(36)68-54(38)52)42(31-33)57-63-56(34-13-3-2-4-14-34)64-58(65-57)43-32-35(59(60,61)62)24-28-47(43)67-45-20-10-6-18-41(45)53-49(67)30-26-39-37-16-8-12-22-51(37)69-55(39)53/h2-32H,1H3. The van der Waals surface area contributed by atoms with Crippen LogP contribution < -0.4 is 0 Å². The summed E-state index contributed by atoms with van der Waals surface area (Å²) in [5.41, 5.74) is 9.30. The molecular weight excluding hydrogens is 868 g/mol. The van der Waals surface area contributed by atoms with Gasteiger partial charge < -0.3 is 18.0 Å². The summed E-state index contributed by atoms with van der Waals surface area (Å²) in [6.45, 7) is 2.00. The lowest BCUT2D eigenvalue weighted by Gasteiger charge is -2.18. The van der Waals surface area contributed by atoms with Crippen LogP contribution >= 0.6 is 0 Å². The molecule has 0 aliphatic carbocycles. The van der Waals surface area contributed by atoms with Crippen molar-refractivity contribution in [2.75, 3.05) is 0 Å². The van der Waals surface area contributed by atoms with Gasteiger partial charge in [0.15, 0.2) is 17.5 Å². The highest BCUT2D eigenvalue weighted by Crippen LogP contribution is 2.45. The topological polar surface area (TPSA) is 74.8 Å². The molecule has 0 saturated carbocycles. The summed E-state index contributed by atoms with van der Waals surface area (Å²) in [6.07, 6.45) is -4.67. The fraction of sp³-hybridized carbons (Fsp3) is 0.0339. The minimum atomic E-state index is -4.67. The maximum atomic E-state index is 15.0. The summed E-state index contributed by atoms with van der Waals surface area (Å²) >= 11 is 0. The third-order valence-corrected chi connectivity index (χ3v) is 13.5. The summed E-state index contributed by atoms with van der Waals surface area (Å²) in [4.78, 5) is 15.5. The first-order valence-electron chi connectivity index (χ1n) is 22.6. The summed E-state index contributed by atoms with van der Waals surface area (Å²) in [5.74, 6) is 0.682. The molecule has 0 aliphatic heterocycles. The van der Waals surface area contributed by atoms with Crippen LogP contribution in [0.15, 0.2) is 197 Å². The summed E-state index contributed by atoms with van der Waals surface area (Å²) in [7, 11) is 0. The Labute approximate surface area is 389 Å². The number of hydrogen-bond acceptors (Lipinski definition) is 5. The Morgan fingerprint density at radius 3 is 1.42 bits per heavy atom. The second-order valence-electron chi connectivity index (χ2n) is 17.5. The number of halogens is 3. The molecular formula is C59H34F3N5O2. The average molecular weight is 902 g/mol. The second-order valence-corrected chi connectivity index (χ2v) is 17.5. The maximum absolute atomic E-state index is 15.0. The Kier molecular flexibility index (Phi) is 8.23. The van der Waals surface area contributed by atoms with Crippen LogP contribution in [-0.4, -0.2) is 24.1 Å². The third kappa shape index (κ3) is 5.85. The third-order valence-electron chi connectivity index (χ3n) is 13.5. The zero-order valence-corrected chi connectivity index (χ0v) is 36.6. The van der Waals surface area contributed by atoms with Crippen LogP contribution in [0, 0.1) is 6.92 Å². The lowest BCUT2D eigenvalue weighted by atomic mass is 10.0. The lowest BCUT2D eigenvalue weighted by molar-refractivity contribution is -0.137. The van der Waals surface area contributed by atoms with E-state index in [0.29, 0.717) is 34.0 Å². The highest BCUT2D eigenvalue weighted by molar-refractivity contribution is 6.25. The van der Waals surface area contributed by atoms with E-state index < -0.39 is 11.7 Å². The largest absolute Gasteiger partial charge is 0.455 e. The Morgan fingerprint density at radius 2 is 0.870 bits per heavy atom. The van der Waals surface area contributed by atoms with E-state index in [1.54, 1.807) is 0 Å². The van der Waals surface area contributed by atoms with E-state index in [-0.39, 0.29) is 11.4 Å². The van der Waals surface area contributed by atoms with Gasteiger partial charge in [-0.25, -0.2) is 15.0 Å². The molecule has 0 unspecified atom stereocenters. The van der Waals surface area contributed by atoms with Gasteiger partial charge in [0.25, 0.3) is 0 Å². The predicted molar refractivity (Wildman–Crippen MR) is 269 cm³/mol. The molecule has 69 heavy (non-hydrogen) atoms. The van der Waals surface area contributed by atoms with Gasteiger partial charge in [0, 0.05) is 49.0 Å². The van der Waals surface area contributed by atoms with E-state index in [2.05, 4.69) is 41.0 Å². The van der Waals surface area contributed by atoms with Crippen molar-refractivity contribution in [2.24, 2.45) is 0 Å². The van der Waals surface area contributed by atoms with Crippen molar-refractivity contribution < 1.29 is 22.0 Å². The van der Waals surface area contributed by atoms with E-state index in [1.807, 2.05) is 145 Å². The number of fused-ring (bicyclic) bond motifs is 14. The summed E-state index contributed by atoms with van der Waals surface area (Å²) < 4.78 is 62.4. The minimum Gasteiger partial charge on any atom is -0.455 e. The zero-order valence-electron chi connectivity index (χ0n) is 36.6. The van der Waals surface area contributed by atoms with E-state index in [1.165, 1.54) is 6.07 Å². The molecule has 0 radical (unpaired) electrons. The summed E-state index contributed by atoms with van der Waals surface area (Å²) in [6, 6.07) is 59.7. The first kappa shape index (κ1) is 39.2. The molecule has 14 rings (SSSR count). The van der Waals surface area contributed by atoms with Crippen molar-refractivity contribution in [1.82, 2.24) is 24.1 Å². The van der Waals surface area contributed by atoms with Gasteiger partial charge in [-0.1, -0.05) is 115 Å². The smallest absolute Gasteiger partial charge is 0.416 e. The molecule has 9 aromatic carbocycles. The average Bonchev–Trinajstić information content (AvgIpc) is 4.14. The zero-order chi connectivity index (χ0) is 46.1. The van der Waals surface area contributed by atoms with Crippen LogP contribution in [0.25, 0.3) is 133 Å². The first-order valence-corrected chi connectivity index (χ1v) is 22.6. The van der Waals surface area contributed by atoms with E-state index in [9.17, 15) is 0 Å². The molecule has 5 aromatic heterocycles. The van der Waals surface area contributed by atoms with Crippen LogP contribution in [0.4, 0.5) is 13.2 Å². The van der Waals surface area contributed by atoms with Gasteiger partial charge in [0.2, 0.25) is 0 Å². The van der Waals surface area contributed by atoms with Crippen molar-refractivity contribution in [2.45, 2.75) is 13.1 Å². The van der Waals surface area contributed by atoms with Gasteiger partial charge in [0.1, 0.15) is 22.3 Å². The van der Waals surface area contributed by atoms with Gasteiger partial charge in [0.05, 0.1) is 49.8 Å². The Hall–Kier alpha value is -9.02. The SMILES string of the molecule is Cc1ccc(-n2c3ccccc3c3c4oc5ccccc5c4ccc32)c(-c2nc(-c3ccccc3)nc(-c3cc(C(F)(F)F)ccc3-n3c4ccccc4c4c5oc6ccccc6c5ccc43)n2)c1. The van der Waals surface area contributed by atoms with Crippen molar-refractivity contribution in [3.05, 3.63) is 199 Å². The molecule has 10 heteroatoms. The Bertz CT molecular complexity index is 4440. The number of alkyl halides is 3. The first-order chi connectivity index (χ1) is 33.8. The van der Waals surface area contributed by atoms with Crippen LogP contribution in [-0.2, 0) is 6.18 Å². The van der Waals surface area contributed by atoms with Crippen LogP contribution in [0.1, 0.15) is 11.1 Å². The normalized spacial score (nSPS) is 12.3. The minimum absolute atomic E-state index is 0.0781. The van der Waals surface area contributed by atoms with Crippen LogP contribution in [0.3, 0.4) is 0 Å². The number of hydrogen-bond donors (Lipinski definition) is 0. The molecule has 0 bridgehead atoms. The van der Waals surface area contributed by atoms with E-state index >= 15 is 13.2 Å². The number of aryl methyl sites for hydroxylation is 1. The molecule has 0 amide bonds. The number of furan rings is 2. The summed E-state index contributed by atoms with van der Waals surface area (Å²) in [5, 5.41) is 7.68. The molecule has 7 nitrogen and oxygen atoms in total. The lowest BCUT2D eigenvalue weighted by Crippen LogP contribution is -2.09. The number of rotatable bonds is 5.